The molecule has 2 atom stereocenters. The van der Waals surface area contributed by atoms with Crippen LogP contribution in [0, 0.1) is 5.92 Å². The first-order valence-electron chi connectivity index (χ1n) is 7.38. The Morgan fingerprint density at radius 1 is 1.48 bits per heavy atom. The molecule has 1 aromatic rings. The number of β-amino-alcohol motifs (C(OH)–C–C–N with tert-alkyl or cyclic N) is 1. The van der Waals surface area contributed by atoms with E-state index in [2.05, 4.69) is 25.8 Å². The van der Waals surface area contributed by atoms with Crippen molar-refractivity contribution in [2.75, 3.05) is 13.1 Å². The summed E-state index contributed by atoms with van der Waals surface area (Å²) >= 11 is 1.65. The maximum absolute atomic E-state index is 12.5. The molecule has 1 aliphatic rings. The van der Waals surface area contributed by atoms with E-state index in [9.17, 15) is 9.90 Å². The van der Waals surface area contributed by atoms with E-state index < -0.39 is 6.10 Å². The quantitative estimate of drug-likeness (QED) is 0.854. The van der Waals surface area contributed by atoms with Crippen LogP contribution in [-0.2, 0) is 0 Å². The Kier molecular flexibility index (Phi) is 4.94. The molecule has 1 aromatic heterocycles. The number of aliphatic hydroxyl groups is 1. The first-order chi connectivity index (χ1) is 9.76. The Morgan fingerprint density at radius 3 is 2.81 bits per heavy atom. The standard InChI is InChI=1S/C16H24N2O2S/c1-11-6-8-18(10-13(11)19)15(20)12-5-7-17-14(9-12)21-16(2,3)4/h5,7,9,11,13,19H,6,8,10H2,1-4H3/t11-,13+/m0/s1. The fourth-order valence-electron chi connectivity index (χ4n) is 2.33. The van der Waals surface area contributed by atoms with Gasteiger partial charge in [-0.2, -0.15) is 0 Å². The van der Waals surface area contributed by atoms with Crippen LogP contribution in [0.5, 0.6) is 0 Å². The van der Waals surface area contributed by atoms with Crippen molar-refractivity contribution in [3.05, 3.63) is 23.9 Å². The smallest absolute Gasteiger partial charge is 0.254 e. The summed E-state index contributed by atoms with van der Waals surface area (Å²) in [5.41, 5.74) is 0.651. The number of amides is 1. The first kappa shape index (κ1) is 16.3. The Labute approximate surface area is 130 Å². The molecule has 116 valence electrons. The summed E-state index contributed by atoms with van der Waals surface area (Å²) in [7, 11) is 0. The molecule has 0 aromatic carbocycles. The highest BCUT2D eigenvalue weighted by atomic mass is 32.2. The van der Waals surface area contributed by atoms with Crippen molar-refractivity contribution in [1.29, 1.82) is 0 Å². The zero-order valence-corrected chi connectivity index (χ0v) is 14.0. The van der Waals surface area contributed by atoms with Gasteiger partial charge >= 0.3 is 0 Å². The second kappa shape index (κ2) is 6.36. The number of aliphatic hydroxyl groups excluding tert-OH is 1. The largest absolute Gasteiger partial charge is 0.391 e. The third-order valence-electron chi connectivity index (χ3n) is 3.60. The maximum Gasteiger partial charge on any atom is 0.254 e. The van der Waals surface area contributed by atoms with Crippen LogP contribution in [0.1, 0.15) is 44.5 Å². The molecule has 0 saturated carbocycles. The van der Waals surface area contributed by atoms with Crippen LogP contribution >= 0.6 is 11.8 Å². The van der Waals surface area contributed by atoms with Crippen LogP contribution in [0.3, 0.4) is 0 Å². The van der Waals surface area contributed by atoms with Gasteiger partial charge in [-0.05, 0) is 24.5 Å². The molecular formula is C16H24N2O2S. The highest BCUT2D eigenvalue weighted by Crippen LogP contribution is 2.30. The molecule has 0 spiro atoms. The summed E-state index contributed by atoms with van der Waals surface area (Å²) in [6.07, 6.45) is 2.11. The second-order valence-corrected chi connectivity index (χ2v) is 8.53. The number of carbonyl (C=O) groups excluding carboxylic acids is 1. The van der Waals surface area contributed by atoms with Crippen LogP contribution in [0.2, 0.25) is 0 Å². The first-order valence-corrected chi connectivity index (χ1v) is 8.20. The summed E-state index contributed by atoms with van der Waals surface area (Å²) in [6, 6.07) is 3.60. The summed E-state index contributed by atoms with van der Waals surface area (Å²) in [4.78, 5) is 18.6. The molecule has 2 heterocycles. The number of likely N-dealkylation sites (tertiary alicyclic amines) is 1. The van der Waals surface area contributed by atoms with Crippen molar-refractivity contribution in [3.63, 3.8) is 0 Å². The van der Waals surface area contributed by atoms with E-state index in [0.717, 1.165) is 11.4 Å². The molecule has 4 nitrogen and oxygen atoms in total. The topological polar surface area (TPSA) is 53.4 Å². The molecule has 1 amide bonds. The van der Waals surface area contributed by atoms with Crippen molar-refractivity contribution in [1.82, 2.24) is 9.88 Å². The number of thioether (sulfide) groups is 1. The van der Waals surface area contributed by atoms with Crippen LogP contribution in [0.15, 0.2) is 23.4 Å². The average Bonchev–Trinajstić information content (AvgIpc) is 2.39. The Bertz CT molecular complexity index is 513. The highest BCUT2D eigenvalue weighted by Gasteiger charge is 2.28. The van der Waals surface area contributed by atoms with E-state index in [1.807, 2.05) is 13.0 Å². The van der Waals surface area contributed by atoms with E-state index in [-0.39, 0.29) is 16.6 Å². The zero-order valence-electron chi connectivity index (χ0n) is 13.2. The Hall–Kier alpha value is -1.07. The molecule has 0 bridgehead atoms. The molecule has 1 fully saturated rings. The highest BCUT2D eigenvalue weighted by molar-refractivity contribution is 8.00. The van der Waals surface area contributed by atoms with Gasteiger partial charge in [0, 0.05) is 29.6 Å². The predicted molar refractivity (Wildman–Crippen MR) is 85.5 cm³/mol. The predicted octanol–water partition coefficient (Wildman–Crippen LogP) is 2.82. The van der Waals surface area contributed by atoms with Gasteiger partial charge in [0.25, 0.3) is 5.91 Å². The SMILES string of the molecule is C[C@H]1CCN(C(=O)c2ccnc(SC(C)(C)C)c2)C[C@H]1O. The number of nitrogens with zero attached hydrogens (tertiary/aromatic N) is 2. The minimum absolute atomic E-state index is 0.0147. The minimum Gasteiger partial charge on any atom is -0.391 e. The maximum atomic E-state index is 12.5. The number of carbonyl (C=O) groups is 1. The molecule has 0 aliphatic carbocycles. The normalized spacial score (nSPS) is 23.2. The van der Waals surface area contributed by atoms with Gasteiger partial charge in [-0.25, -0.2) is 4.98 Å². The van der Waals surface area contributed by atoms with Crippen LogP contribution < -0.4 is 0 Å². The number of piperidine rings is 1. The number of pyridine rings is 1. The third kappa shape index (κ3) is 4.45. The van der Waals surface area contributed by atoms with Gasteiger partial charge < -0.3 is 10.0 Å². The fraction of sp³-hybridized carbons (Fsp3) is 0.625. The van der Waals surface area contributed by atoms with Crippen LogP contribution in [0.4, 0.5) is 0 Å². The minimum atomic E-state index is -0.423. The third-order valence-corrected chi connectivity index (χ3v) is 4.64. The lowest BCUT2D eigenvalue weighted by Crippen LogP contribution is -2.45. The van der Waals surface area contributed by atoms with Crippen molar-refractivity contribution in [2.45, 2.75) is 50.0 Å². The van der Waals surface area contributed by atoms with E-state index in [0.29, 0.717) is 18.7 Å². The lowest BCUT2D eigenvalue weighted by Gasteiger charge is -2.34. The summed E-state index contributed by atoms with van der Waals surface area (Å²) in [5, 5.41) is 10.8. The monoisotopic (exact) mass is 308 g/mol. The van der Waals surface area contributed by atoms with E-state index >= 15 is 0 Å². The summed E-state index contributed by atoms with van der Waals surface area (Å²) in [6.45, 7) is 9.52. The van der Waals surface area contributed by atoms with Gasteiger partial charge in [-0.1, -0.05) is 27.7 Å². The van der Waals surface area contributed by atoms with Crippen LogP contribution in [-0.4, -0.2) is 44.8 Å². The Morgan fingerprint density at radius 2 is 2.19 bits per heavy atom. The van der Waals surface area contributed by atoms with Crippen LogP contribution in [0.25, 0.3) is 0 Å². The molecule has 2 rings (SSSR count). The second-order valence-electron chi connectivity index (χ2n) is 6.68. The average molecular weight is 308 g/mol. The van der Waals surface area contributed by atoms with Gasteiger partial charge in [0.2, 0.25) is 0 Å². The molecular weight excluding hydrogens is 284 g/mol. The molecule has 0 radical (unpaired) electrons. The number of aromatic nitrogens is 1. The van der Waals surface area contributed by atoms with E-state index in [1.54, 1.807) is 28.9 Å². The van der Waals surface area contributed by atoms with Crippen molar-refractivity contribution in [2.24, 2.45) is 5.92 Å². The molecule has 5 heteroatoms. The van der Waals surface area contributed by atoms with Crippen molar-refractivity contribution >= 4 is 17.7 Å². The molecule has 1 saturated heterocycles. The van der Waals surface area contributed by atoms with Crippen molar-refractivity contribution in [3.8, 4) is 0 Å². The Balaban J connectivity index is 2.11. The van der Waals surface area contributed by atoms with Gasteiger partial charge in [0.05, 0.1) is 11.1 Å². The van der Waals surface area contributed by atoms with Gasteiger partial charge in [0.1, 0.15) is 0 Å². The molecule has 1 N–H and O–H groups in total. The number of hydrogen-bond acceptors (Lipinski definition) is 4. The molecule has 21 heavy (non-hydrogen) atoms. The van der Waals surface area contributed by atoms with E-state index in [1.165, 1.54) is 0 Å². The lowest BCUT2D eigenvalue weighted by atomic mass is 9.95. The summed E-state index contributed by atoms with van der Waals surface area (Å²) in [5.74, 6) is 0.248. The van der Waals surface area contributed by atoms with Gasteiger partial charge in [0.15, 0.2) is 0 Å². The molecule has 1 aliphatic heterocycles. The van der Waals surface area contributed by atoms with Crippen molar-refractivity contribution < 1.29 is 9.90 Å². The molecule has 0 unspecified atom stereocenters. The number of hydrogen-bond donors (Lipinski definition) is 1. The lowest BCUT2D eigenvalue weighted by molar-refractivity contribution is 0.0248. The van der Waals surface area contributed by atoms with E-state index in [4.69, 9.17) is 0 Å². The van der Waals surface area contributed by atoms with Gasteiger partial charge in [-0.15, -0.1) is 11.8 Å². The number of rotatable bonds is 2. The van der Waals surface area contributed by atoms with Gasteiger partial charge in [-0.3, -0.25) is 4.79 Å². The summed E-state index contributed by atoms with van der Waals surface area (Å²) < 4.78 is 0.0609. The fourth-order valence-corrected chi connectivity index (χ4v) is 3.25. The zero-order chi connectivity index (χ0) is 15.6.